The van der Waals surface area contributed by atoms with E-state index in [0.29, 0.717) is 47.3 Å². The van der Waals surface area contributed by atoms with Crippen molar-refractivity contribution in [3.8, 4) is 22.6 Å². The van der Waals surface area contributed by atoms with Crippen molar-refractivity contribution >= 4 is 23.7 Å². The fraction of sp³-hybridized carbons (Fsp3) is 0.222. The molecular weight excluding hydrogens is 470 g/mol. The molecule has 3 heterocycles. The van der Waals surface area contributed by atoms with Crippen LogP contribution in [0, 0.1) is 6.92 Å². The SMILES string of the molecule is Cc1ccc(NC(=O)c2cc(C3CC3)cnn2)cc1-c1cc(NCCO)nc(-c2ccnc(C=O)c2)n1. The van der Waals surface area contributed by atoms with Gasteiger partial charge in [-0.25, -0.2) is 9.97 Å². The lowest BCUT2D eigenvalue weighted by molar-refractivity contribution is 0.102. The summed E-state index contributed by atoms with van der Waals surface area (Å²) in [5.41, 5.74) is 5.13. The molecule has 1 amide bonds. The number of amides is 1. The van der Waals surface area contributed by atoms with Gasteiger partial charge in [-0.3, -0.25) is 14.6 Å². The highest BCUT2D eigenvalue weighted by Gasteiger charge is 2.25. The standard InChI is InChI=1S/C27H25N7O3/c1-16-2-5-20(31-27(37)24-11-19(14-30-34-24)17-3-4-17)12-22(16)23-13-25(29-8-9-35)33-26(32-23)18-6-7-28-21(10-18)15-36/h2,5-7,10-15,17,35H,3-4,8-9H2,1H3,(H,31,37)(H,29,32,33). The molecule has 0 spiro atoms. The lowest BCUT2D eigenvalue weighted by Crippen LogP contribution is -2.15. The fourth-order valence-electron chi connectivity index (χ4n) is 3.94. The summed E-state index contributed by atoms with van der Waals surface area (Å²) in [4.78, 5) is 37.4. The number of carbonyl (C=O) groups is 2. The van der Waals surface area contributed by atoms with E-state index in [-0.39, 0.29) is 23.9 Å². The number of hydrogen-bond acceptors (Lipinski definition) is 9. The smallest absolute Gasteiger partial charge is 0.276 e. The average molecular weight is 496 g/mol. The molecular formula is C27H25N7O3. The lowest BCUT2D eigenvalue weighted by Gasteiger charge is -2.13. The largest absolute Gasteiger partial charge is 0.395 e. The minimum absolute atomic E-state index is 0.0649. The molecule has 10 heteroatoms. The van der Waals surface area contributed by atoms with Crippen LogP contribution in [-0.2, 0) is 0 Å². The highest BCUT2D eigenvalue weighted by Crippen LogP contribution is 2.39. The maximum Gasteiger partial charge on any atom is 0.276 e. The fourth-order valence-corrected chi connectivity index (χ4v) is 3.94. The van der Waals surface area contributed by atoms with Crippen LogP contribution in [0.3, 0.4) is 0 Å². The van der Waals surface area contributed by atoms with Crippen molar-refractivity contribution in [3.63, 3.8) is 0 Å². The van der Waals surface area contributed by atoms with E-state index in [0.717, 1.165) is 29.5 Å². The van der Waals surface area contributed by atoms with E-state index < -0.39 is 0 Å². The van der Waals surface area contributed by atoms with Crippen molar-refractivity contribution in [2.75, 3.05) is 23.8 Å². The van der Waals surface area contributed by atoms with E-state index in [4.69, 9.17) is 4.98 Å². The van der Waals surface area contributed by atoms with Gasteiger partial charge in [0, 0.05) is 35.6 Å². The first-order valence-corrected chi connectivity index (χ1v) is 11.9. The molecule has 0 radical (unpaired) electrons. The molecule has 186 valence electrons. The zero-order chi connectivity index (χ0) is 25.8. The molecule has 4 aromatic rings. The van der Waals surface area contributed by atoms with Crippen LogP contribution in [0.1, 0.15) is 50.9 Å². The highest BCUT2D eigenvalue weighted by atomic mass is 16.3. The number of aliphatic hydroxyl groups excluding tert-OH is 1. The Bertz CT molecular complexity index is 1470. The maximum absolute atomic E-state index is 12.9. The van der Waals surface area contributed by atoms with Crippen molar-refractivity contribution in [1.82, 2.24) is 25.1 Å². The van der Waals surface area contributed by atoms with Gasteiger partial charge >= 0.3 is 0 Å². The summed E-state index contributed by atoms with van der Waals surface area (Å²) < 4.78 is 0. The molecule has 0 aliphatic heterocycles. The molecule has 10 nitrogen and oxygen atoms in total. The Hall–Kier alpha value is -4.57. The predicted octanol–water partition coefficient (Wildman–Crippen LogP) is 3.65. The van der Waals surface area contributed by atoms with E-state index >= 15 is 0 Å². The van der Waals surface area contributed by atoms with E-state index in [2.05, 4.69) is 30.8 Å². The van der Waals surface area contributed by atoms with Crippen LogP contribution in [0.25, 0.3) is 22.6 Å². The Morgan fingerprint density at radius 3 is 2.78 bits per heavy atom. The van der Waals surface area contributed by atoms with Crippen LogP contribution in [-0.4, -0.2) is 55.6 Å². The predicted molar refractivity (Wildman–Crippen MR) is 138 cm³/mol. The first-order chi connectivity index (χ1) is 18.0. The van der Waals surface area contributed by atoms with E-state index in [1.807, 2.05) is 25.1 Å². The van der Waals surface area contributed by atoms with E-state index in [1.54, 1.807) is 30.5 Å². The molecule has 1 aliphatic carbocycles. The molecule has 1 aromatic carbocycles. The van der Waals surface area contributed by atoms with Crippen molar-refractivity contribution < 1.29 is 14.7 Å². The number of nitrogens with one attached hydrogen (secondary N) is 2. The molecule has 1 fully saturated rings. The molecule has 0 bridgehead atoms. The molecule has 1 aliphatic rings. The number of rotatable bonds is 9. The number of pyridine rings is 1. The summed E-state index contributed by atoms with van der Waals surface area (Å²) in [6.45, 7) is 2.19. The topological polar surface area (TPSA) is 143 Å². The van der Waals surface area contributed by atoms with Gasteiger partial charge in [-0.2, -0.15) is 5.10 Å². The Morgan fingerprint density at radius 2 is 2.00 bits per heavy atom. The number of aliphatic hydroxyl groups is 1. The van der Waals surface area contributed by atoms with Gasteiger partial charge < -0.3 is 15.7 Å². The van der Waals surface area contributed by atoms with Gasteiger partial charge in [-0.1, -0.05) is 6.07 Å². The number of anilines is 2. The van der Waals surface area contributed by atoms with Crippen molar-refractivity contribution in [2.45, 2.75) is 25.7 Å². The number of carbonyl (C=O) groups excluding carboxylic acids is 2. The van der Waals surface area contributed by atoms with Gasteiger partial charge in [0.25, 0.3) is 5.91 Å². The maximum atomic E-state index is 12.9. The van der Waals surface area contributed by atoms with Gasteiger partial charge in [0.1, 0.15) is 11.5 Å². The summed E-state index contributed by atoms with van der Waals surface area (Å²) in [5, 5.41) is 23.3. The zero-order valence-electron chi connectivity index (χ0n) is 20.2. The Morgan fingerprint density at radius 1 is 1.14 bits per heavy atom. The second-order valence-corrected chi connectivity index (χ2v) is 8.83. The number of benzene rings is 1. The van der Waals surface area contributed by atoms with Crippen LogP contribution in [0.15, 0.2) is 54.9 Å². The molecule has 0 unspecified atom stereocenters. The number of hydrogen-bond donors (Lipinski definition) is 3. The van der Waals surface area contributed by atoms with Gasteiger partial charge in [-0.05, 0) is 67.1 Å². The van der Waals surface area contributed by atoms with Gasteiger partial charge in [0.15, 0.2) is 17.8 Å². The minimum Gasteiger partial charge on any atom is -0.395 e. The highest BCUT2D eigenvalue weighted by molar-refractivity contribution is 6.03. The van der Waals surface area contributed by atoms with Crippen LogP contribution in [0.5, 0.6) is 0 Å². The van der Waals surface area contributed by atoms with Crippen molar-refractivity contribution in [2.24, 2.45) is 0 Å². The van der Waals surface area contributed by atoms with Crippen LogP contribution < -0.4 is 10.6 Å². The number of aromatic nitrogens is 5. The minimum atomic E-state index is -0.336. The Kier molecular flexibility index (Phi) is 6.91. The Balaban J connectivity index is 1.48. The third-order valence-electron chi connectivity index (χ3n) is 6.03. The number of aldehydes is 1. The van der Waals surface area contributed by atoms with Crippen LogP contribution in [0.2, 0.25) is 0 Å². The van der Waals surface area contributed by atoms with Gasteiger partial charge in [-0.15, -0.1) is 5.10 Å². The van der Waals surface area contributed by atoms with E-state index in [1.165, 1.54) is 6.20 Å². The number of aryl methyl sites for hydroxylation is 1. The first kappa shape index (κ1) is 24.1. The summed E-state index contributed by atoms with van der Waals surface area (Å²) in [6.07, 6.45) is 6.13. The molecule has 5 rings (SSSR count). The molecule has 0 saturated heterocycles. The normalized spacial score (nSPS) is 12.7. The monoisotopic (exact) mass is 495 g/mol. The van der Waals surface area contributed by atoms with Crippen molar-refractivity contribution in [1.29, 1.82) is 0 Å². The molecule has 3 aromatic heterocycles. The number of nitrogens with zero attached hydrogens (tertiary/aromatic N) is 5. The second-order valence-electron chi connectivity index (χ2n) is 8.83. The van der Waals surface area contributed by atoms with E-state index in [9.17, 15) is 14.7 Å². The summed E-state index contributed by atoms with van der Waals surface area (Å²) in [5.74, 6) is 1.04. The first-order valence-electron chi connectivity index (χ1n) is 11.9. The molecule has 3 N–H and O–H groups in total. The average Bonchev–Trinajstić information content (AvgIpc) is 3.79. The quantitative estimate of drug-likeness (QED) is 0.296. The van der Waals surface area contributed by atoms with Crippen LogP contribution in [0.4, 0.5) is 11.5 Å². The molecule has 1 saturated carbocycles. The second kappa shape index (κ2) is 10.6. The van der Waals surface area contributed by atoms with Gasteiger partial charge in [0.2, 0.25) is 0 Å². The Labute approximate surface area is 213 Å². The summed E-state index contributed by atoms with van der Waals surface area (Å²) >= 11 is 0. The zero-order valence-corrected chi connectivity index (χ0v) is 20.2. The summed E-state index contributed by atoms with van der Waals surface area (Å²) in [6, 6.07) is 12.5. The summed E-state index contributed by atoms with van der Waals surface area (Å²) in [7, 11) is 0. The van der Waals surface area contributed by atoms with Gasteiger partial charge in [0.05, 0.1) is 18.5 Å². The third kappa shape index (κ3) is 5.65. The third-order valence-corrected chi connectivity index (χ3v) is 6.03. The molecule has 0 atom stereocenters. The van der Waals surface area contributed by atoms with Crippen molar-refractivity contribution in [3.05, 3.63) is 77.4 Å². The molecule has 37 heavy (non-hydrogen) atoms. The van der Waals surface area contributed by atoms with Crippen LogP contribution >= 0.6 is 0 Å². The lowest BCUT2D eigenvalue weighted by atomic mass is 10.0.